The second-order valence-corrected chi connectivity index (χ2v) is 15.0. The summed E-state index contributed by atoms with van der Waals surface area (Å²) in [6, 6.07) is 59.8. The molecule has 0 atom stereocenters. The predicted molar refractivity (Wildman–Crippen MR) is 223 cm³/mol. The van der Waals surface area contributed by atoms with Crippen LogP contribution in [-0.2, 0) is 5.41 Å². The molecule has 0 bridgehead atoms. The Morgan fingerprint density at radius 3 is 1.64 bits per heavy atom. The Hall–Kier alpha value is -6.45. The van der Waals surface area contributed by atoms with Crippen LogP contribution in [0.25, 0.3) is 60.8 Å². The molecule has 0 fully saturated rings. The van der Waals surface area contributed by atoms with E-state index < -0.39 is 0 Å². The fraction of sp³-hybridized carbons (Fsp3) is 0.100. The van der Waals surface area contributed by atoms with Gasteiger partial charge in [-0.2, -0.15) is 0 Å². The molecule has 8 aromatic carbocycles. The number of hydrogen-bond donors (Lipinski definition) is 0. The molecule has 3 heteroatoms. The van der Waals surface area contributed by atoms with Crippen molar-refractivity contribution in [1.29, 1.82) is 0 Å². The van der Waals surface area contributed by atoms with Crippen molar-refractivity contribution in [2.24, 2.45) is 0 Å². The fourth-order valence-electron chi connectivity index (χ4n) is 8.57. The number of benzene rings is 8. The van der Waals surface area contributed by atoms with Crippen molar-refractivity contribution < 1.29 is 0 Å². The number of hydrogen-bond acceptors (Lipinski definition) is 2. The van der Waals surface area contributed by atoms with E-state index in [-0.39, 0.29) is 5.41 Å². The quantitative estimate of drug-likeness (QED) is 0.169. The van der Waals surface area contributed by atoms with Gasteiger partial charge in [0.2, 0.25) is 0 Å². The molecular weight excluding hydrogens is 643 g/mol. The van der Waals surface area contributed by atoms with Crippen LogP contribution in [0.1, 0.15) is 36.1 Å². The van der Waals surface area contributed by atoms with Gasteiger partial charge in [-0.05, 0) is 101 Å². The first-order chi connectivity index (χ1) is 25.9. The third kappa shape index (κ3) is 4.84. The van der Waals surface area contributed by atoms with Crippen molar-refractivity contribution in [2.75, 3.05) is 4.90 Å². The molecule has 0 saturated carbocycles. The molecule has 1 aromatic heterocycles. The monoisotopic (exact) mass is 681 g/mol. The number of aromatic nitrogens is 2. The first-order valence-corrected chi connectivity index (χ1v) is 18.5. The van der Waals surface area contributed by atoms with Gasteiger partial charge in [-0.15, -0.1) is 0 Å². The lowest BCUT2D eigenvalue weighted by atomic mass is 9.81. The van der Waals surface area contributed by atoms with E-state index in [1.165, 1.54) is 54.9 Å². The molecule has 254 valence electrons. The van der Waals surface area contributed by atoms with E-state index in [9.17, 15) is 0 Å². The van der Waals surface area contributed by atoms with Crippen LogP contribution < -0.4 is 4.90 Å². The Balaban J connectivity index is 1.16. The molecule has 0 N–H and O–H groups in total. The summed E-state index contributed by atoms with van der Waals surface area (Å²) in [7, 11) is 0. The fourth-order valence-corrected chi connectivity index (χ4v) is 8.57. The van der Waals surface area contributed by atoms with Crippen molar-refractivity contribution in [2.45, 2.75) is 33.1 Å². The summed E-state index contributed by atoms with van der Waals surface area (Å²) < 4.78 is 2.38. The second kappa shape index (κ2) is 11.8. The highest BCUT2D eigenvalue weighted by Gasteiger charge is 2.37. The van der Waals surface area contributed by atoms with E-state index in [4.69, 9.17) is 4.98 Å². The van der Waals surface area contributed by atoms with Crippen LogP contribution in [-0.4, -0.2) is 9.55 Å². The Bertz CT molecular complexity index is 2820. The number of para-hydroxylation sites is 1. The van der Waals surface area contributed by atoms with Gasteiger partial charge in [-0.3, -0.25) is 4.57 Å². The van der Waals surface area contributed by atoms with Crippen LogP contribution in [0.15, 0.2) is 164 Å². The number of imidazole rings is 1. The summed E-state index contributed by atoms with van der Waals surface area (Å²) in [5.41, 5.74) is 15.3. The molecule has 53 heavy (non-hydrogen) atoms. The molecule has 0 saturated heterocycles. The minimum atomic E-state index is -0.230. The molecule has 0 amide bonds. The van der Waals surface area contributed by atoms with Crippen molar-refractivity contribution in [1.82, 2.24) is 9.55 Å². The smallest absolute Gasteiger partial charge is 0.145 e. The van der Waals surface area contributed by atoms with Crippen molar-refractivity contribution >= 4 is 49.6 Å². The molecule has 0 aliphatic heterocycles. The molecular formula is C50H39N3. The lowest BCUT2D eigenvalue weighted by Gasteiger charge is -2.28. The van der Waals surface area contributed by atoms with Crippen molar-refractivity contribution in [3.05, 3.63) is 186 Å². The molecule has 0 unspecified atom stereocenters. The standard InChI is InChI=1S/C50H39N3/c1-32-18-23-36(24-19-32)52(37-25-20-33(2)21-26-37)38-27-29-42-41-28-22-34(30-45(41)50(3,4)46(42)31-38)49-51-47-43-16-10-8-14-39(43)40-15-9-11-17-44(40)48(47)53(49)35-12-6-5-7-13-35/h5-31H,1-4H3. The number of anilines is 3. The Kier molecular flexibility index (Phi) is 6.97. The lowest BCUT2D eigenvalue weighted by molar-refractivity contribution is 0.660. The molecule has 3 nitrogen and oxygen atoms in total. The van der Waals surface area contributed by atoms with E-state index in [2.05, 4.69) is 201 Å². The molecule has 1 aliphatic carbocycles. The minimum absolute atomic E-state index is 0.230. The maximum absolute atomic E-state index is 5.53. The van der Waals surface area contributed by atoms with Gasteiger partial charge in [0.25, 0.3) is 0 Å². The van der Waals surface area contributed by atoms with Crippen LogP contribution in [0.3, 0.4) is 0 Å². The Morgan fingerprint density at radius 2 is 1.00 bits per heavy atom. The van der Waals surface area contributed by atoms with Crippen LogP contribution in [0.2, 0.25) is 0 Å². The highest BCUT2D eigenvalue weighted by molar-refractivity contribution is 6.24. The highest BCUT2D eigenvalue weighted by atomic mass is 15.1. The summed E-state index contributed by atoms with van der Waals surface area (Å²) in [5, 5.41) is 4.85. The van der Waals surface area contributed by atoms with Gasteiger partial charge in [0.05, 0.1) is 11.0 Å². The molecule has 0 spiro atoms. The third-order valence-electron chi connectivity index (χ3n) is 11.3. The number of fused-ring (bicyclic) bond motifs is 9. The minimum Gasteiger partial charge on any atom is -0.310 e. The van der Waals surface area contributed by atoms with Gasteiger partial charge in [-0.25, -0.2) is 4.98 Å². The maximum Gasteiger partial charge on any atom is 0.145 e. The Morgan fingerprint density at radius 1 is 0.491 bits per heavy atom. The summed E-state index contributed by atoms with van der Waals surface area (Å²) in [6.07, 6.45) is 0. The number of aryl methyl sites for hydroxylation is 2. The van der Waals surface area contributed by atoms with Crippen LogP contribution in [0.5, 0.6) is 0 Å². The Labute approximate surface area is 310 Å². The van der Waals surface area contributed by atoms with E-state index in [0.29, 0.717) is 0 Å². The van der Waals surface area contributed by atoms with Crippen LogP contribution in [0.4, 0.5) is 17.1 Å². The third-order valence-corrected chi connectivity index (χ3v) is 11.3. The zero-order chi connectivity index (χ0) is 35.8. The van der Waals surface area contributed by atoms with Gasteiger partial charge in [0, 0.05) is 44.5 Å². The van der Waals surface area contributed by atoms with E-state index in [1.807, 2.05) is 0 Å². The summed E-state index contributed by atoms with van der Waals surface area (Å²) in [5.74, 6) is 0.952. The molecule has 1 aliphatic rings. The van der Waals surface area contributed by atoms with Crippen molar-refractivity contribution in [3.63, 3.8) is 0 Å². The van der Waals surface area contributed by atoms with E-state index >= 15 is 0 Å². The first-order valence-electron chi connectivity index (χ1n) is 18.5. The molecule has 9 aromatic rings. The number of nitrogens with zero attached hydrogens (tertiary/aromatic N) is 3. The maximum atomic E-state index is 5.53. The number of rotatable bonds is 5. The highest BCUT2D eigenvalue weighted by Crippen LogP contribution is 2.52. The van der Waals surface area contributed by atoms with Crippen LogP contribution in [0, 0.1) is 13.8 Å². The lowest BCUT2D eigenvalue weighted by Crippen LogP contribution is -2.17. The van der Waals surface area contributed by atoms with Crippen LogP contribution >= 0.6 is 0 Å². The van der Waals surface area contributed by atoms with E-state index in [0.717, 1.165) is 45.2 Å². The van der Waals surface area contributed by atoms with Gasteiger partial charge in [0.15, 0.2) is 0 Å². The molecule has 1 heterocycles. The van der Waals surface area contributed by atoms with Gasteiger partial charge in [0.1, 0.15) is 5.82 Å². The van der Waals surface area contributed by atoms with E-state index in [1.54, 1.807) is 0 Å². The summed E-state index contributed by atoms with van der Waals surface area (Å²) >= 11 is 0. The summed E-state index contributed by atoms with van der Waals surface area (Å²) in [6.45, 7) is 9.02. The second-order valence-electron chi connectivity index (χ2n) is 15.0. The average Bonchev–Trinajstić information content (AvgIpc) is 3.70. The zero-order valence-corrected chi connectivity index (χ0v) is 30.4. The summed E-state index contributed by atoms with van der Waals surface area (Å²) in [4.78, 5) is 7.91. The topological polar surface area (TPSA) is 21.1 Å². The molecule has 0 radical (unpaired) electrons. The normalized spacial score (nSPS) is 13.1. The predicted octanol–water partition coefficient (Wildman–Crippen LogP) is 13.4. The largest absolute Gasteiger partial charge is 0.310 e. The average molecular weight is 682 g/mol. The molecule has 10 rings (SSSR count). The SMILES string of the molecule is Cc1ccc(N(c2ccc(C)cc2)c2ccc3c(c2)C(C)(C)c2cc(-c4nc5c6ccccc6c6ccccc6c5n4-c4ccccc4)ccc2-3)cc1. The van der Waals surface area contributed by atoms with Crippen molar-refractivity contribution in [3.8, 4) is 28.2 Å². The van der Waals surface area contributed by atoms with Gasteiger partial charge in [-0.1, -0.05) is 134 Å². The first kappa shape index (κ1) is 31.3. The van der Waals surface area contributed by atoms with Gasteiger partial charge >= 0.3 is 0 Å². The van der Waals surface area contributed by atoms with Gasteiger partial charge < -0.3 is 4.90 Å². The zero-order valence-electron chi connectivity index (χ0n) is 30.4.